The van der Waals surface area contributed by atoms with Crippen molar-refractivity contribution in [3.8, 4) is 0 Å². The molecule has 0 aromatic rings. The summed E-state index contributed by atoms with van der Waals surface area (Å²) in [6.07, 6.45) is 9.16. The maximum absolute atomic E-state index is 12.3. The molecule has 2 rings (SSSR count). The van der Waals surface area contributed by atoms with Gasteiger partial charge in [0.25, 0.3) is 0 Å². The van der Waals surface area contributed by atoms with Crippen molar-refractivity contribution in [3.63, 3.8) is 0 Å². The predicted octanol–water partition coefficient (Wildman–Crippen LogP) is 2.28. The quantitative estimate of drug-likeness (QED) is 0.621. The third-order valence-electron chi connectivity index (χ3n) is 5.79. The van der Waals surface area contributed by atoms with Gasteiger partial charge in [-0.25, -0.2) is 0 Å². The van der Waals surface area contributed by atoms with E-state index in [1.165, 1.54) is 32.1 Å². The Bertz CT molecular complexity index is 437. The summed E-state index contributed by atoms with van der Waals surface area (Å²) in [6, 6.07) is 0. The second kappa shape index (κ2) is 10.1. The summed E-state index contributed by atoms with van der Waals surface area (Å²) >= 11 is 0. The van der Waals surface area contributed by atoms with Crippen molar-refractivity contribution in [2.45, 2.75) is 57.8 Å². The molecule has 6 heteroatoms. The monoisotopic (exact) mass is 354 g/mol. The molecule has 2 fully saturated rings. The van der Waals surface area contributed by atoms with Crippen molar-refractivity contribution in [1.29, 1.82) is 0 Å². The number of nitrogens with one attached hydrogen (secondary N) is 1. The van der Waals surface area contributed by atoms with Gasteiger partial charge in [0.1, 0.15) is 0 Å². The van der Waals surface area contributed by atoms with Crippen LogP contribution in [0.5, 0.6) is 0 Å². The number of methoxy groups -OCH3 is 1. The van der Waals surface area contributed by atoms with E-state index in [-0.39, 0.29) is 5.91 Å². The summed E-state index contributed by atoms with van der Waals surface area (Å²) < 4.78 is 5.07. The molecule has 0 aromatic heterocycles. The predicted molar refractivity (Wildman–Crippen MR) is 96.4 cm³/mol. The van der Waals surface area contributed by atoms with E-state index in [9.17, 15) is 14.7 Å². The van der Waals surface area contributed by atoms with Crippen LogP contribution < -0.4 is 5.32 Å². The fourth-order valence-corrected chi connectivity index (χ4v) is 4.31. The maximum Gasteiger partial charge on any atom is 0.310 e. The number of ether oxygens (including phenoxy) is 1. The van der Waals surface area contributed by atoms with E-state index in [1.807, 2.05) is 4.90 Å². The normalized spacial score (nSPS) is 25.6. The van der Waals surface area contributed by atoms with Crippen LogP contribution in [0.3, 0.4) is 0 Å². The molecule has 1 atom stereocenters. The first-order chi connectivity index (χ1) is 12.1. The second-order valence-corrected chi connectivity index (χ2v) is 7.80. The molecule has 144 valence electrons. The lowest BCUT2D eigenvalue weighted by molar-refractivity contribution is -0.154. The average Bonchev–Trinajstić information content (AvgIpc) is 2.61. The third-order valence-corrected chi connectivity index (χ3v) is 5.79. The van der Waals surface area contributed by atoms with Gasteiger partial charge in [0.15, 0.2) is 0 Å². The fourth-order valence-electron chi connectivity index (χ4n) is 4.31. The van der Waals surface area contributed by atoms with Gasteiger partial charge in [0, 0.05) is 26.8 Å². The van der Waals surface area contributed by atoms with Gasteiger partial charge in [-0.05, 0) is 51.0 Å². The number of likely N-dealkylation sites (tertiary alicyclic amines) is 1. The topological polar surface area (TPSA) is 78.9 Å². The highest BCUT2D eigenvalue weighted by atomic mass is 16.5. The molecule has 2 aliphatic rings. The smallest absolute Gasteiger partial charge is 0.310 e. The molecule has 0 spiro atoms. The van der Waals surface area contributed by atoms with Gasteiger partial charge in [-0.15, -0.1) is 0 Å². The Morgan fingerprint density at radius 3 is 2.68 bits per heavy atom. The number of aliphatic carboxylic acids is 1. The molecule has 25 heavy (non-hydrogen) atoms. The van der Waals surface area contributed by atoms with Crippen LogP contribution in [0.15, 0.2) is 0 Å². The molecule has 1 saturated carbocycles. The van der Waals surface area contributed by atoms with E-state index in [0.29, 0.717) is 38.5 Å². The summed E-state index contributed by atoms with van der Waals surface area (Å²) in [5, 5.41) is 12.8. The Hall–Kier alpha value is -1.14. The zero-order valence-electron chi connectivity index (χ0n) is 15.6. The number of nitrogens with zero attached hydrogens (tertiary/aromatic N) is 1. The largest absolute Gasteiger partial charge is 0.481 e. The lowest BCUT2D eigenvalue weighted by Gasteiger charge is -2.39. The molecule has 0 radical (unpaired) electrons. The van der Waals surface area contributed by atoms with E-state index in [1.54, 1.807) is 7.11 Å². The number of carboxylic acids is 1. The number of rotatable bonds is 9. The number of hydrogen-bond acceptors (Lipinski definition) is 4. The van der Waals surface area contributed by atoms with Crippen molar-refractivity contribution in [2.75, 3.05) is 39.9 Å². The number of piperidine rings is 1. The van der Waals surface area contributed by atoms with Gasteiger partial charge in [0.05, 0.1) is 12.0 Å². The number of carboxylic acid groups (broad SMARTS) is 1. The Kier molecular flexibility index (Phi) is 8.16. The number of amides is 1. The average molecular weight is 354 g/mol. The molecule has 1 saturated heterocycles. The standard InChI is InChI=1S/C19H34N2O4/c1-25-12-6-10-19(18(23)24)9-5-11-21(15-19)14-17(22)20-13-16-7-3-2-4-8-16/h16H,2-15H2,1H3,(H,20,22)(H,23,24)/t19-/m0/s1. The van der Waals surface area contributed by atoms with Gasteiger partial charge in [0.2, 0.25) is 5.91 Å². The summed E-state index contributed by atoms with van der Waals surface area (Å²) in [7, 11) is 1.64. The highest BCUT2D eigenvalue weighted by Crippen LogP contribution is 2.35. The summed E-state index contributed by atoms with van der Waals surface area (Å²) in [6.45, 7) is 2.92. The van der Waals surface area contributed by atoms with E-state index < -0.39 is 11.4 Å². The minimum absolute atomic E-state index is 0.0312. The first kappa shape index (κ1) is 20.2. The van der Waals surface area contributed by atoms with Crippen molar-refractivity contribution in [2.24, 2.45) is 11.3 Å². The molecular weight excluding hydrogens is 320 g/mol. The van der Waals surface area contributed by atoms with Crippen molar-refractivity contribution in [1.82, 2.24) is 10.2 Å². The second-order valence-electron chi connectivity index (χ2n) is 7.80. The Balaban J connectivity index is 1.79. The number of hydrogen-bond donors (Lipinski definition) is 2. The van der Waals surface area contributed by atoms with Gasteiger partial charge in [-0.3, -0.25) is 14.5 Å². The molecule has 0 unspecified atom stereocenters. The molecule has 0 bridgehead atoms. The molecule has 1 heterocycles. The van der Waals surface area contributed by atoms with E-state index in [4.69, 9.17) is 4.74 Å². The van der Waals surface area contributed by atoms with Crippen LogP contribution in [-0.4, -0.2) is 61.8 Å². The van der Waals surface area contributed by atoms with Crippen LogP contribution in [-0.2, 0) is 14.3 Å². The maximum atomic E-state index is 12.3. The van der Waals surface area contributed by atoms with Gasteiger partial charge < -0.3 is 15.2 Å². The molecule has 1 amide bonds. The minimum atomic E-state index is -0.740. The van der Waals surface area contributed by atoms with Gasteiger partial charge in [-0.1, -0.05) is 19.3 Å². The van der Waals surface area contributed by atoms with Crippen molar-refractivity contribution >= 4 is 11.9 Å². The first-order valence-corrected chi connectivity index (χ1v) is 9.77. The van der Waals surface area contributed by atoms with Crippen LogP contribution in [0, 0.1) is 11.3 Å². The highest BCUT2D eigenvalue weighted by molar-refractivity contribution is 5.78. The zero-order chi connectivity index (χ0) is 18.1. The summed E-state index contributed by atoms with van der Waals surface area (Å²) in [5.74, 6) is -0.0919. The van der Waals surface area contributed by atoms with Crippen LogP contribution >= 0.6 is 0 Å². The molecular formula is C19H34N2O4. The van der Waals surface area contributed by atoms with E-state index >= 15 is 0 Å². The summed E-state index contributed by atoms with van der Waals surface area (Å²) in [5.41, 5.74) is -0.736. The van der Waals surface area contributed by atoms with E-state index in [0.717, 1.165) is 25.9 Å². The van der Waals surface area contributed by atoms with Crippen LogP contribution in [0.2, 0.25) is 0 Å². The fraction of sp³-hybridized carbons (Fsp3) is 0.895. The first-order valence-electron chi connectivity index (χ1n) is 9.77. The zero-order valence-corrected chi connectivity index (χ0v) is 15.6. The molecule has 1 aliphatic heterocycles. The van der Waals surface area contributed by atoms with Crippen LogP contribution in [0.1, 0.15) is 57.8 Å². The number of carbonyl (C=O) groups is 2. The van der Waals surface area contributed by atoms with Crippen molar-refractivity contribution in [3.05, 3.63) is 0 Å². The van der Waals surface area contributed by atoms with E-state index in [2.05, 4.69) is 5.32 Å². The number of carbonyl (C=O) groups excluding carboxylic acids is 1. The summed E-state index contributed by atoms with van der Waals surface area (Å²) in [4.78, 5) is 26.2. The SMILES string of the molecule is COCCC[C@@]1(C(=O)O)CCCN(CC(=O)NCC2CCCCC2)C1. The van der Waals surface area contributed by atoms with Gasteiger partial charge >= 0.3 is 5.97 Å². The molecule has 2 N–H and O–H groups in total. The van der Waals surface area contributed by atoms with Gasteiger partial charge in [-0.2, -0.15) is 0 Å². The van der Waals surface area contributed by atoms with Crippen molar-refractivity contribution < 1.29 is 19.4 Å². The third kappa shape index (κ3) is 6.26. The van der Waals surface area contributed by atoms with Crippen LogP contribution in [0.25, 0.3) is 0 Å². The lowest BCUT2D eigenvalue weighted by atomic mass is 9.76. The lowest BCUT2D eigenvalue weighted by Crippen LogP contribution is -2.50. The van der Waals surface area contributed by atoms with Crippen LogP contribution in [0.4, 0.5) is 0 Å². The molecule has 1 aliphatic carbocycles. The Morgan fingerprint density at radius 2 is 2.00 bits per heavy atom. The minimum Gasteiger partial charge on any atom is -0.481 e. The molecule has 6 nitrogen and oxygen atoms in total. The Labute approximate surface area is 151 Å². The Morgan fingerprint density at radius 1 is 1.24 bits per heavy atom. The highest BCUT2D eigenvalue weighted by Gasteiger charge is 2.42. The molecule has 0 aromatic carbocycles.